The zero-order chi connectivity index (χ0) is 67.8. The predicted molar refractivity (Wildman–Crippen MR) is 344 cm³/mol. The van der Waals surface area contributed by atoms with Gasteiger partial charge in [0, 0.05) is 69.7 Å². The van der Waals surface area contributed by atoms with Crippen molar-refractivity contribution in [3.63, 3.8) is 0 Å². The Hall–Kier alpha value is -5.51. The summed E-state index contributed by atoms with van der Waals surface area (Å²) < 4.78 is 21.6. The number of aromatic nitrogens is 2. The standard InChI is InChI=1S/C31H52N4O7S.C29H50N4O6S.C4H6O3/c1-8-10-13-16-41-19-35(30(38)27(21(5)9-2)33-28(37)24-14-11-12-15-34(24)7)25(20(3)4)17-26(42-22(6)36)29-32-23(18-43-29)31(39)40;1-7-9-12-15-39-18-33(23(19(3)4)16-24(34)27-30-21(17-40-27)29(37)38)28(36)25(20(5)8-2)31-26(35)22-13-10-11-14-32(22)6;1-3(5)7-4(2)6/h18,20-21,24-27H,8-17,19H2,1-7H3,(H,33,37)(H,39,40);17,19-20,22-25,34H,7-16,18H2,1-6H3,(H,31,35)(H,37,38);1-2H3/t21?,24?,25-,26-,27+;20?,22?,23-,24-,25+;/m11./s1. The molecule has 26 heteroatoms. The van der Waals surface area contributed by atoms with Gasteiger partial charge in [-0.05, 0) is 89.4 Å². The second-order valence-corrected chi connectivity index (χ2v) is 26.2. The molecule has 2 aliphatic rings. The minimum Gasteiger partial charge on any atom is -0.476 e. The normalized spacial score (nSPS) is 17.9. The van der Waals surface area contributed by atoms with Crippen LogP contribution in [-0.4, -0.2) is 188 Å². The van der Waals surface area contributed by atoms with Gasteiger partial charge in [-0.25, -0.2) is 19.6 Å². The fraction of sp³-hybridized carbons (Fsp3) is 0.766. The molecule has 0 spiro atoms. The van der Waals surface area contributed by atoms with Crippen LogP contribution in [0, 0.1) is 23.7 Å². The molecule has 4 heterocycles. The Morgan fingerprint density at radius 2 is 1.00 bits per heavy atom. The number of nitrogens with one attached hydrogen (secondary N) is 2. The van der Waals surface area contributed by atoms with E-state index in [-0.39, 0.29) is 97.1 Å². The molecule has 10 atom stereocenters. The second kappa shape index (κ2) is 42.6. The van der Waals surface area contributed by atoms with E-state index in [0.717, 1.165) is 113 Å². The molecule has 2 aromatic rings. The summed E-state index contributed by atoms with van der Waals surface area (Å²) in [5.74, 6) is -5.11. The molecule has 4 amide bonds. The highest BCUT2D eigenvalue weighted by atomic mass is 32.1. The molecule has 24 nitrogen and oxygen atoms in total. The molecule has 0 aliphatic carbocycles. The SMILES string of the molecule is CC(=O)OC(C)=O.CCCCCOCN(C(=O)[C@@H](NC(=O)C1CCCCN1C)C(C)CC)[C@H](C[C@@H](O)c1nc(C(=O)O)cs1)C(C)C.CCCCCOCN(C(=O)[C@@H](NC(=O)C1CCCCN1C)C(C)CC)[C@H](C[C@@H](OC(C)=O)c1nc(C(=O)O)cs1)C(C)C. The number of aliphatic hydroxyl groups excluding tert-OH is 1. The van der Waals surface area contributed by atoms with E-state index < -0.39 is 66.2 Å². The van der Waals surface area contributed by atoms with Gasteiger partial charge in [-0.3, -0.25) is 43.4 Å². The Morgan fingerprint density at radius 1 is 0.600 bits per heavy atom. The van der Waals surface area contributed by atoms with Gasteiger partial charge in [0.1, 0.15) is 41.7 Å². The summed E-state index contributed by atoms with van der Waals surface area (Å²) in [6.45, 7) is 26.5. The first-order valence-electron chi connectivity index (χ1n) is 32.2. The zero-order valence-electron chi connectivity index (χ0n) is 56.3. The fourth-order valence-electron chi connectivity index (χ4n) is 10.7. The Kier molecular flexibility index (Phi) is 38.1. The summed E-state index contributed by atoms with van der Waals surface area (Å²) in [6, 6.07) is -2.92. The van der Waals surface area contributed by atoms with E-state index in [0.29, 0.717) is 36.1 Å². The van der Waals surface area contributed by atoms with Crippen LogP contribution in [0.5, 0.6) is 0 Å². The minimum atomic E-state index is -1.17. The number of rotatable bonds is 35. The second-order valence-electron chi connectivity index (χ2n) is 24.4. The first-order chi connectivity index (χ1) is 42.5. The van der Waals surface area contributed by atoms with Gasteiger partial charge in [-0.15, -0.1) is 22.7 Å². The molecule has 4 rings (SSSR count). The zero-order valence-corrected chi connectivity index (χ0v) is 57.9. The number of aromatic carboxylic acids is 2. The third kappa shape index (κ3) is 27.8. The molecule has 0 saturated carbocycles. The van der Waals surface area contributed by atoms with Gasteiger partial charge >= 0.3 is 29.8 Å². The van der Waals surface area contributed by atoms with Gasteiger partial charge < -0.3 is 54.7 Å². The lowest BCUT2D eigenvalue weighted by Crippen LogP contribution is -2.59. The molecule has 90 heavy (non-hydrogen) atoms. The highest BCUT2D eigenvalue weighted by Gasteiger charge is 2.41. The van der Waals surface area contributed by atoms with Crippen molar-refractivity contribution in [1.29, 1.82) is 0 Å². The number of carbonyl (C=O) groups is 9. The number of unbranched alkanes of at least 4 members (excludes halogenated alkanes) is 4. The number of carboxylic acids is 2. The van der Waals surface area contributed by atoms with E-state index in [1.807, 2.05) is 74.4 Å². The number of hydrogen-bond acceptors (Lipinski definition) is 20. The fourth-order valence-corrected chi connectivity index (χ4v) is 12.3. The number of ether oxygens (including phenoxy) is 4. The molecule has 4 unspecified atom stereocenters. The van der Waals surface area contributed by atoms with Gasteiger partial charge in [0.05, 0.1) is 12.1 Å². The molecule has 0 radical (unpaired) electrons. The summed E-state index contributed by atoms with van der Waals surface area (Å²) in [6.07, 6.45) is 11.3. The van der Waals surface area contributed by atoms with E-state index >= 15 is 0 Å². The summed E-state index contributed by atoms with van der Waals surface area (Å²) >= 11 is 2.19. The van der Waals surface area contributed by atoms with Crippen molar-refractivity contribution in [1.82, 2.24) is 40.2 Å². The number of likely N-dealkylation sites (tertiary alicyclic amines) is 2. The monoisotopic (exact) mass is 1310 g/mol. The van der Waals surface area contributed by atoms with Gasteiger partial charge in [0.25, 0.3) is 0 Å². The van der Waals surface area contributed by atoms with Crippen molar-refractivity contribution in [3.05, 3.63) is 32.2 Å². The van der Waals surface area contributed by atoms with E-state index in [9.17, 15) is 58.5 Å². The van der Waals surface area contributed by atoms with Crippen LogP contribution in [0.4, 0.5) is 0 Å². The maximum Gasteiger partial charge on any atom is 0.355 e. The predicted octanol–water partition coefficient (Wildman–Crippen LogP) is 9.26. The summed E-state index contributed by atoms with van der Waals surface area (Å²) in [5.41, 5.74) is -0.239. The van der Waals surface area contributed by atoms with Gasteiger partial charge in [-0.2, -0.15) is 0 Å². The van der Waals surface area contributed by atoms with Crippen LogP contribution in [0.2, 0.25) is 0 Å². The number of amides is 4. The quantitative estimate of drug-likeness (QED) is 0.0186. The Labute approximate surface area is 542 Å². The molecular weight excluding hydrogens is 1200 g/mol. The number of esters is 3. The molecular formula is C64H108N8O16S2. The minimum absolute atomic E-state index is 0.0164. The van der Waals surface area contributed by atoms with Crippen molar-refractivity contribution < 1.29 is 77.4 Å². The van der Waals surface area contributed by atoms with Crippen LogP contribution in [0.25, 0.3) is 0 Å². The van der Waals surface area contributed by atoms with Crippen LogP contribution < -0.4 is 10.6 Å². The Morgan fingerprint density at radius 3 is 1.33 bits per heavy atom. The van der Waals surface area contributed by atoms with Crippen molar-refractivity contribution in [2.75, 3.05) is 53.9 Å². The van der Waals surface area contributed by atoms with Crippen LogP contribution in [0.3, 0.4) is 0 Å². The topological polar surface area (TPSA) is 314 Å². The molecule has 2 fully saturated rings. The number of thiazole rings is 2. The van der Waals surface area contributed by atoms with Crippen molar-refractivity contribution in [3.8, 4) is 0 Å². The number of likely N-dealkylation sites (N-methyl/N-ethyl adjacent to an activating group) is 2. The number of hydrogen-bond donors (Lipinski definition) is 5. The molecule has 2 saturated heterocycles. The van der Waals surface area contributed by atoms with E-state index in [4.69, 9.17) is 14.2 Å². The van der Waals surface area contributed by atoms with Crippen molar-refractivity contribution in [2.45, 2.75) is 241 Å². The Balaban J connectivity index is 0.000000555. The molecule has 0 aromatic carbocycles. The molecule has 2 aromatic heterocycles. The molecule has 512 valence electrons. The van der Waals surface area contributed by atoms with Crippen molar-refractivity contribution >= 4 is 76.1 Å². The lowest BCUT2D eigenvalue weighted by Gasteiger charge is -2.40. The largest absolute Gasteiger partial charge is 0.476 e. The maximum absolute atomic E-state index is 14.5. The highest BCUT2D eigenvalue weighted by Crippen LogP contribution is 2.33. The van der Waals surface area contributed by atoms with Gasteiger partial charge in [-0.1, -0.05) is 121 Å². The molecule has 2 aliphatic heterocycles. The number of piperidine rings is 2. The Bertz CT molecular complexity index is 2520. The van der Waals surface area contributed by atoms with Crippen molar-refractivity contribution in [2.24, 2.45) is 23.7 Å². The summed E-state index contributed by atoms with van der Waals surface area (Å²) in [5, 5.41) is 39.3. The average Bonchev–Trinajstić information content (AvgIpc) is 3.55. The van der Waals surface area contributed by atoms with E-state index in [1.54, 1.807) is 9.80 Å². The lowest BCUT2D eigenvalue weighted by atomic mass is 9.92. The van der Waals surface area contributed by atoms with E-state index in [1.165, 1.54) is 31.5 Å². The van der Waals surface area contributed by atoms with Gasteiger partial charge in [0.15, 0.2) is 17.5 Å². The van der Waals surface area contributed by atoms with Crippen LogP contribution >= 0.6 is 22.7 Å². The number of aliphatic hydroxyl groups is 1. The lowest BCUT2D eigenvalue weighted by molar-refractivity contribution is -0.157. The number of carbonyl (C=O) groups excluding carboxylic acids is 7. The molecule has 5 N–H and O–H groups in total. The van der Waals surface area contributed by atoms with E-state index in [2.05, 4.69) is 44.1 Å². The maximum atomic E-state index is 14.5. The van der Waals surface area contributed by atoms with Crippen LogP contribution in [-0.2, 0) is 52.5 Å². The van der Waals surface area contributed by atoms with Gasteiger partial charge in [0.2, 0.25) is 23.6 Å². The smallest absolute Gasteiger partial charge is 0.355 e. The number of carboxylic acid groups (broad SMARTS) is 2. The first kappa shape index (κ1) is 80.6. The average molecular weight is 1310 g/mol. The summed E-state index contributed by atoms with van der Waals surface area (Å²) in [7, 11) is 3.89. The third-order valence-corrected chi connectivity index (χ3v) is 18.3. The van der Waals surface area contributed by atoms with Crippen LogP contribution in [0.1, 0.15) is 236 Å². The first-order valence-corrected chi connectivity index (χ1v) is 34.0. The third-order valence-electron chi connectivity index (χ3n) is 16.4. The molecule has 0 bridgehead atoms. The highest BCUT2D eigenvalue weighted by molar-refractivity contribution is 7.10. The van der Waals surface area contributed by atoms with Crippen LogP contribution in [0.15, 0.2) is 10.8 Å². The number of nitrogens with zero attached hydrogens (tertiary/aromatic N) is 6. The summed E-state index contributed by atoms with van der Waals surface area (Å²) in [4.78, 5) is 126.